The maximum absolute atomic E-state index is 13.6. The van der Waals surface area contributed by atoms with Gasteiger partial charge in [0.25, 0.3) is 0 Å². The number of carbonyl (C=O) groups is 4. The maximum atomic E-state index is 13.6. The zero-order valence-electron chi connectivity index (χ0n) is 57.6. The Hall–Kier alpha value is -7.43. The molecular formula is C75H100BrClF3N13O4. The molecule has 0 spiro atoms. The minimum atomic E-state index is -4.50. The first-order valence-corrected chi connectivity index (χ1v) is 35.6. The van der Waals surface area contributed by atoms with E-state index in [2.05, 4.69) is 139 Å². The van der Waals surface area contributed by atoms with Crippen molar-refractivity contribution >= 4 is 68.6 Å². The van der Waals surface area contributed by atoms with Gasteiger partial charge in [0, 0.05) is 113 Å². The molecule has 3 atom stereocenters. The number of hydrogen-bond donors (Lipinski definition) is 4. The smallest absolute Gasteiger partial charge is 0.348 e. The topological polar surface area (TPSA) is 175 Å². The summed E-state index contributed by atoms with van der Waals surface area (Å²) in [6.45, 7) is 26.4. The number of hydrogen-bond acceptors (Lipinski definition) is 10. The lowest BCUT2D eigenvalue weighted by Crippen LogP contribution is -2.50. The number of nitrogens with one attached hydrogen (secondary N) is 4. The molecule has 0 bridgehead atoms. The highest BCUT2D eigenvalue weighted by Gasteiger charge is 2.35. The largest absolute Gasteiger partial charge is 0.416 e. The van der Waals surface area contributed by atoms with Gasteiger partial charge in [-0.15, -0.1) is 0 Å². The quantitative estimate of drug-likeness (QED) is 0.0259. The maximum Gasteiger partial charge on any atom is 0.416 e. The molecule has 5 heterocycles. The van der Waals surface area contributed by atoms with E-state index >= 15 is 0 Å². The Kier molecular flexibility index (Phi) is 31.1. The molecule has 22 heteroatoms. The fourth-order valence-electron chi connectivity index (χ4n) is 13.0. The Balaban J connectivity index is 0.000000207. The highest BCUT2D eigenvalue weighted by molar-refractivity contribution is 9.10. The second-order valence-corrected chi connectivity index (χ2v) is 26.8. The molecule has 9 rings (SSSR count). The van der Waals surface area contributed by atoms with Crippen LogP contribution >= 0.6 is 27.5 Å². The van der Waals surface area contributed by atoms with Gasteiger partial charge >= 0.3 is 24.3 Å². The molecule has 3 fully saturated rings. The fourth-order valence-corrected chi connectivity index (χ4v) is 13.7. The first-order valence-electron chi connectivity index (χ1n) is 34.4. The molecule has 7 amide bonds. The fraction of sp³-hybridized carbons (Fsp3) is 0.480. The van der Waals surface area contributed by atoms with Crippen LogP contribution in [0.4, 0.5) is 44.6 Å². The summed E-state index contributed by atoms with van der Waals surface area (Å²) in [6.07, 6.45) is 12.3. The zero-order chi connectivity index (χ0) is 69.9. The molecule has 97 heavy (non-hydrogen) atoms. The molecule has 6 aromatic rings. The number of urea groups is 3. The second-order valence-electron chi connectivity index (χ2n) is 25.7. The number of halogens is 5. The summed E-state index contributed by atoms with van der Waals surface area (Å²) in [4.78, 5) is 77.3. The minimum Gasteiger partial charge on any atom is -0.348 e. The number of anilines is 3. The molecule has 17 nitrogen and oxygen atoms in total. The number of piperidine rings is 3. The second kappa shape index (κ2) is 39.2. The summed E-state index contributed by atoms with van der Waals surface area (Å²) in [5.74, 6) is -0.299. The zero-order valence-corrected chi connectivity index (χ0v) is 59.9. The van der Waals surface area contributed by atoms with Gasteiger partial charge in [-0.25, -0.2) is 29.3 Å². The highest BCUT2D eigenvalue weighted by atomic mass is 79.9. The summed E-state index contributed by atoms with van der Waals surface area (Å²) in [6, 6.07) is 37.8. The van der Waals surface area contributed by atoms with Crippen LogP contribution in [0.15, 0.2) is 151 Å². The molecule has 2 aromatic heterocycles. The van der Waals surface area contributed by atoms with Crippen LogP contribution in [0.2, 0.25) is 5.28 Å². The van der Waals surface area contributed by atoms with Crippen LogP contribution in [-0.2, 0) is 37.1 Å². The van der Waals surface area contributed by atoms with E-state index in [1.165, 1.54) is 56.3 Å². The van der Waals surface area contributed by atoms with Gasteiger partial charge in [-0.3, -0.25) is 4.79 Å². The molecule has 0 saturated carbocycles. The van der Waals surface area contributed by atoms with E-state index < -0.39 is 17.8 Å². The lowest BCUT2D eigenvalue weighted by molar-refractivity contribution is -0.137. The molecule has 0 radical (unpaired) electrons. The van der Waals surface area contributed by atoms with Crippen molar-refractivity contribution in [3.05, 3.63) is 190 Å². The van der Waals surface area contributed by atoms with Crippen molar-refractivity contribution in [3.63, 3.8) is 0 Å². The van der Waals surface area contributed by atoms with Gasteiger partial charge in [0.2, 0.25) is 11.2 Å². The number of nitrogens with zero attached hydrogens (tertiary/aromatic N) is 9. The standard InChI is InChI=1S/C29H37F3N4O2.C24H33BrN4O.C22H30ClN5O/c1-4-9-21(3)35-16-14-26(15-17-35)36(20-23-11-7-6-10-22(23)19-33-27(37)5-2)28(38)34-25-13-8-12-24(18-25)29(30,31)32;1-4-8-19(3)28-15-13-21(14-16-28)29(17-20-9-6-5-7-10-20)24(30)27-22-12-11-18(2)26-23(22)25;1-3-7-17(2)27-12-10-20(11-13-27)28(16-18-8-5-4-6-9-18)22(29)26-19-14-24-21(23)25-15-19/h5-8,10-13,18,21,26H,2,4,9,14-17,19-20H2,1,3H3,(H,33,37)(H,34,38);5-7,9-12,19,21H,4,8,13-17H2,1-3H3,(H,27,30);4-6,8-9,14-15,17,20H,3,7,10-13,16H2,1-2H3,(H,26,29). The molecule has 4 aromatic carbocycles. The Labute approximate surface area is 586 Å². The third-order valence-electron chi connectivity index (χ3n) is 18.6. The molecule has 3 unspecified atom stereocenters. The number of likely N-dealkylation sites (tertiary alicyclic amines) is 3. The van der Waals surface area contributed by atoms with Gasteiger partial charge in [0.15, 0.2) is 0 Å². The normalized spacial score (nSPS) is 16.0. The first-order chi connectivity index (χ1) is 46.7. The number of rotatable bonds is 24. The van der Waals surface area contributed by atoms with Crippen LogP contribution in [0.5, 0.6) is 0 Å². The number of alkyl halides is 3. The Bertz CT molecular complexity index is 3390. The third-order valence-corrected chi connectivity index (χ3v) is 19.4. The average Bonchev–Trinajstić information content (AvgIpc) is 0.990. The summed E-state index contributed by atoms with van der Waals surface area (Å²) in [5, 5.41) is 11.6. The molecule has 524 valence electrons. The van der Waals surface area contributed by atoms with Gasteiger partial charge in [-0.2, -0.15) is 13.2 Å². The molecule has 3 aliphatic rings. The van der Waals surface area contributed by atoms with Crippen molar-refractivity contribution < 1.29 is 32.3 Å². The molecule has 3 aliphatic heterocycles. The SMILES string of the molecule is C=CC(=O)NCc1ccccc1CN(C(=O)Nc1cccc(C(F)(F)F)c1)C1CCN(C(C)CCC)CC1.CCCC(C)N1CCC(N(Cc2ccccc2)C(=O)Nc2ccc(C)nc2Br)CC1.CCCC(C)N1CCC(N(Cc2ccccc2)C(=O)Nc2cnc(Cl)nc2)CC1. The van der Waals surface area contributed by atoms with E-state index in [9.17, 15) is 32.3 Å². The Morgan fingerprint density at radius 3 is 1.44 bits per heavy atom. The molecular weight excluding hydrogens is 1320 g/mol. The lowest BCUT2D eigenvalue weighted by Gasteiger charge is -2.41. The van der Waals surface area contributed by atoms with Gasteiger partial charge in [-0.1, -0.05) is 138 Å². The van der Waals surface area contributed by atoms with Crippen molar-refractivity contribution in [3.8, 4) is 0 Å². The van der Waals surface area contributed by atoms with Gasteiger partial charge in [0.05, 0.1) is 29.3 Å². The lowest BCUT2D eigenvalue weighted by atomic mass is 9.99. The monoisotopic (exact) mass is 1420 g/mol. The van der Waals surface area contributed by atoms with E-state index in [4.69, 9.17) is 11.6 Å². The van der Waals surface area contributed by atoms with Crippen LogP contribution in [0.25, 0.3) is 0 Å². The number of amides is 7. The minimum absolute atomic E-state index is 0.0646. The van der Waals surface area contributed by atoms with E-state index in [1.807, 2.05) is 89.5 Å². The third kappa shape index (κ3) is 24.5. The van der Waals surface area contributed by atoms with Crippen LogP contribution in [0.3, 0.4) is 0 Å². The summed E-state index contributed by atoms with van der Waals surface area (Å²) in [5.41, 5.74) is 5.43. The number of aryl methyl sites for hydroxylation is 1. The van der Waals surface area contributed by atoms with Crippen molar-refractivity contribution in [2.75, 3.05) is 55.2 Å². The number of pyridine rings is 1. The molecule has 4 N–H and O–H groups in total. The Morgan fingerprint density at radius 2 is 1.01 bits per heavy atom. The van der Waals surface area contributed by atoms with Crippen LogP contribution in [-0.4, -0.2) is 144 Å². The summed E-state index contributed by atoms with van der Waals surface area (Å²) in [7, 11) is 0. The molecule has 0 aliphatic carbocycles. The van der Waals surface area contributed by atoms with Crippen LogP contribution < -0.4 is 21.3 Å². The molecule has 3 saturated heterocycles. The van der Waals surface area contributed by atoms with E-state index in [0.29, 0.717) is 47.2 Å². The van der Waals surface area contributed by atoms with E-state index in [0.717, 1.165) is 131 Å². The van der Waals surface area contributed by atoms with Gasteiger partial charge in [0.1, 0.15) is 4.60 Å². The summed E-state index contributed by atoms with van der Waals surface area (Å²) >= 11 is 9.23. The predicted octanol–water partition coefficient (Wildman–Crippen LogP) is 16.9. The summed E-state index contributed by atoms with van der Waals surface area (Å²) < 4.78 is 40.4. The average molecular weight is 1420 g/mol. The van der Waals surface area contributed by atoms with Crippen LogP contribution in [0, 0.1) is 6.92 Å². The predicted molar refractivity (Wildman–Crippen MR) is 387 cm³/mol. The van der Waals surface area contributed by atoms with Crippen molar-refractivity contribution in [1.29, 1.82) is 0 Å². The van der Waals surface area contributed by atoms with E-state index in [-0.39, 0.29) is 60.2 Å². The van der Waals surface area contributed by atoms with Gasteiger partial charge in [-0.05, 0) is 172 Å². The number of benzene rings is 4. The highest BCUT2D eigenvalue weighted by Crippen LogP contribution is 2.32. The number of aromatic nitrogens is 3. The van der Waals surface area contributed by atoms with Crippen LogP contribution in [0.1, 0.15) is 152 Å². The van der Waals surface area contributed by atoms with Crippen molar-refractivity contribution in [1.82, 2.24) is 49.7 Å². The number of carbonyl (C=O) groups excluding carboxylic acids is 4. The van der Waals surface area contributed by atoms with Gasteiger partial charge < -0.3 is 50.7 Å². The Morgan fingerprint density at radius 1 is 0.588 bits per heavy atom. The van der Waals surface area contributed by atoms with Crippen molar-refractivity contribution in [2.45, 2.75) is 194 Å². The van der Waals surface area contributed by atoms with Crippen molar-refractivity contribution in [2.24, 2.45) is 0 Å². The first kappa shape index (κ1) is 76.9. The van der Waals surface area contributed by atoms with E-state index in [1.54, 1.807) is 4.90 Å².